The van der Waals surface area contributed by atoms with Crippen molar-refractivity contribution >= 4 is 22.9 Å². The van der Waals surface area contributed by atoms with Gasteiger partial charge in [-0.2, -0.15) is 0 Å². The average Bonchev–Trinajstić information content (AvgIpc) is 2.41. The Morgan fingerprint density at radius 1 is 1.45 bits per heavy atom. The smallest absolute Gasteiger partial charge is 0.139 e. The molecule has 1 aromatic heterocycles. The van der Waals surface area contributed by atoms with E-state index in [0.717, 1.165) is 42.6 Å². The van der Waals surface area contributed by atoms with Crippen LogP contribution in [0.3, 0.4) is 0 Å². The zero-order chi connectivity index (χ0) is 14.7. The molecule has 0 amide bonds. The largest absolute Gasteiger partial charge is 0.504 e. The zero-order valence-corrected chi connectivity index (χ0v) is 13.5. The maximum atomic E-state index is 6.40. The van der Waals surface area contributed by atoms with Crippen LogP contribution >= 0.6 is 11.6 Å². The minimum atomic E-state index is 0.552. The summed E-state index contributed by atoms with van der Waals surface area (Å²) in [6.45, 7) is 7.48. The van der Waals surface area contributed by atoms with E-state index in [0.29, 0.717) is 11.2 Å². The summed E-state index contributed by atoms with van der Waals surface area (Å²) in [4.78, 5) is 6.88. The van der Waals surface area contributed by atoms with E-state index in [2.05, 4.69) is 29.8 Å². The van der Waals surface area contributed by atoms with E-state index < -0.39 is 0 Å². The predicted molar refractivity (Wildman–Crippen MR) is 85.3 cm³/mol. The first-order valence-electron chi connectivity index (χ1n) is 7.28. The Balaban J connectivity index is 2.55. The number of aromatic nitrogens is 1. The first-order valence-corrected chi connectivity index (χ1v) is 7.66. The van der Waals surface area contributed by atoms with Gasteiger partial charge in [-0.1, -0.05) is 25.4 Å². The summed E-state index contributed by atoms with van der Waals surface area (Å²) >= 11 is 6.40. The molecule has 0 spiro atoms. The topological polar surface area (TPSA) is 25.4 Å². The van der Waals surface area contributed by atoms with Crippen LogP contribution in [0.5, 0.6) is 0 Å². The molecule has 0 unspecified atom stereocenters. The first kappa shape index (κ1) is 15.2. The predicted octanol–water partition coefficient (Wildman–Crippen LogP) is 4.43. The van der Waals surface area contributed by atoms with Crippen molar-refractivity contribution in [2.75, 3.05) is 18.6 Å². The Kier molecular flexibility index (Phi) is 4.92. The van der Waals surface area contributed by atoms with Crippen molar-refractivity contribution in [3.63, 3.8) is 0 Å². The number of pyridine rings is 1. The Hall–Kier alpha value is -1.22. The average molecular weight is 295 g/mol. The van der Waals surface area contributed by atoms with Crippen LogP contribution in [0.1, 0.15) is 44.4 Å². The molecule has 0 saturated carbocycles. The van der Waals surface area contributed by atoms with Crippen LogP contribution in [0.15, 0.2) is 12.3 Å². The molecule has 0 aromatic carbocycles. The molecule has 0 radical (unpaired) electrons. The molecule has 0 atom stereocenters. The highest BCUT2D eigenvalue weighted by molar-refractivity contribution is 6.31. The van der Waals surface area contributed by atoms with Crippen LogP contribution in [0.2, 0.25) is 5.15 Å². The Morgan fingerprint density at radius 3 is 2.75 bits per heavy atom. The molecule has 20 heavy (non-hydrogen) atoms. The molecule has 1 aliphatic rings. The van der Waals surface area contributed by atoms with Gasteiger partial charge in [-0.25, -0.2) is 4.98 Å². The molecule has 2 rings (SSSR count). The molecule has 0 N–H and O–H groups in total. The number of hydrogen-bond donors (Lipinski definition) is 0. The van der Waals surface area contributed by atoms with Gasteiger partial charge in [0.05, 0.1) is 13.4 Å². The lowest BCUT2D eigenvalue weighted by molar-refractivity contribution is 0.338. The SMILES string of the molecule is CCC(CC)N1CC/C(=C\OC)c2c1cc(C)nc2Cl. The third-order valence-corrected chi connectivity index (χ3v) is 4.25. The molecule has 0 fully saturated rings. The summed E-state index contributed by atoms with van der Waals surface area (Å²) in [6, 6.07) is 2.69. The second-order valence-corrected chi connectivity index (χ2v) is 5.60. The molecule has 0 bridgehead atoms. The lowest BCUT2D eigenvalue weighted by Crippen LogP contribution is -2.38. The molecule has 1 aromatic rings. The third-order valence-electron chi connectivity index (χ3n) is 3.98. The number of hydrogen-bond acceptors (Lipinski definition) is 3. The molecule has 0 aliphatic carbocycles. The van der Waals surface area contributed by atoms with Gasteiger partial charge in [0.2, 0.25) is 0 Å². The highest BCUT2D eigenvalue weighted by Gasteiger charge is 2.27. The summed E-state index contributed by atoms with van der Waals surface area (Å²) in [5.41, 5.74) is 4.34. The van der Waals surface area contributed by atoms with E-state index in [9.17, 15) is 0 Å². The van der Waals surface area contributed by atoms with E-state index in [1.165, 1.54) is 5.69 Å². The van der Waals surface area contributed by atoms with E-state index in [-0.39, 0.29) is 0 Å². The van der Waals surface area contributed by atoms with Crippen molar-refractivity contribution in [2.24, 2.45) is 0 Å². The second-order valence-electron chi connectivity index (χ2n) is 5.24. The van der Waals surface area contributed by atoms with Crippen LogP contribution in [0.4, 0.5) is 5.69 Å². The molecule has 0 saturated heterocycles. The van der Waals surface area contributed by atoms with Gasteiger partial charge in [0, 0.05) is 35.1 Å². The van der Waals surface area contributed by atoms with Gasteiger partial charge in [-0.05, 0) is 32.3 Å². The van der Waals surface area contributed by atoms with Gasteiger partial charge >= 0.3 is 0 Å². The second kappa shape index (κ2) is 6.49. The Labute approximate surface area is 126 Å². The summed E-state index contributed by atoms with van der Waals surface area (Å²) in [5.74, 6) is 0. The van der Waals surface area contributed by atoms with Gasteiger partial charge < -0.3 is 9.64 Å². The lowest BCUT2D eigenvalue weighted by Gasteiger charge is -2.38. The van der Waals surface area contributed by atoms with Crippen molar-refractivity contribution in [1.29, 1.82) is 0 Å². The van der Waals surface area contributed by atoms with Crippen LogP contribution in [-0.2, 0) is 4.74 Å². The molecule has 3 nitrogen and oxygen atoms in total. The highest BCUT2D eigenvalue weighted by atomic mass is 35.5. The molecular formula is C16H23ClN2O. The number of methoxy groups -OCH3 is 1. The minimum absolute atomic E-state index is 0.552. The fourth-order valence-electron chi connectivity index (χ4n) is 3.00. The van der Waals surface area contributed by atoms with Gasteiger partial charge in [0.25, 0.3) is 0 Å². The summed E-state index contributed by atoms with van der Waals surface area (Å²) in [7, 11) is 1.68. The number of halogens is 1. The van der Waals surface area contributed by atoms with Crippen molar-refractivity contribution in [3.05, 3.63) is 28.7 Å². The van der Waals surface area contributed by atoms with E-state index in [4.69, 9.17) is 16.3 Å². The van der Waals surface area contributed by atoms with E-state index in [1.54, 1.807) is 13.4 Å². The number of aryl methyl sites for hydroxylation is 1. The highest BCUT2D eigenvalue weighted by Crippen LogP contribution is 2.40. The van der Waals surface area contributed by atoms with Crippen LogP contribution < -0.4 is 4.90 Å². The monoisotopic (exact) mass is 294 g/mol. The Bertz CT molecular complexity index is 509. The number of rotatable bonds is 4. The minimum Gasteiger partial charge on any atom is -0.504 e. The van der Waals surface area contributed by atoms with Gasteiger partial charge in [0.1, 0.15) is 5.15 Å². The van der Waals surface area contributed by atoms with Gasteiger partial charge in [-0.3, -0.25) is 0 Å². The number of anilines is 1. The van der Waals surface area contributed by atoms with Gasteiger partial charge in [0.15, 0.2) is 0 Å². The third kappa shape index (κ3) is 2.78. The van der Waals surface area contributed by atoms with Crippen molar-refractivity contribution < 1.29 is 4.74 Å². The fourth-order valence-corrected chi connectivity index (χ4v) is 3.35. The maximum Gasteiger partial charge on any atom is 0.139 e. The first-order chi connectivity index (χ1) is 9.62. The molecule has 1 aliphatic heterocycles. The lowest BCUT2D eigenvalue weighted by atomic mass is 9.95. The number of nitrogens with zero attached hydrogens (tertiary/aromatic N) is 2. The van der Waals surface area contributed by atoms with E-state index >= 15 is 0 Å². The molecule has 4 heteroatoms. The van der Waals surface area contributed by atoms with Crippen molar-refractivity contribution in [1.82, 2.24) is 4.98 Å². The van der Waals surface area contributed by atoms with Crippen LogP contribution in [0.25, 0.3) is 5.57 Å². The molecule has 2 heterocycles. The van der Waals surface area contributed by atoms with Crippen molar-refractivity contribution in [3.8, 4) is 0 Å². The van der Waals surface area contributed by atoms with E-state index in [1.807, 2.05) is 6.92 Å². The normalized spacial score (nSPS) is 16.7. The van der Waals surface area contributed by atoms with Gasteiger partial charge in [-0.15, -0.1) is 0 Å². The standard InChI is InChI=1S/C16H23ClN2O/c1-5-13(6-2)19-8-7-12(10-20-4)15-14(19)9-11(3)18-16(15)17/h9-10,13H,5-8H2,1-4H3/b12-10+. The summed E-state index contributed by atoms with van der Waals surface area (Å²) < 4.78 is 5.20. The molecule has 110 valence electrons. The quantitative estimate of drug-likeness (QED) is 0.607. The zero-order valence-electron chi connectivity index (χ0n) is 12.7. The Morgan fingerprint density at radius 2 is 2.15 bits per heavy atom. The van der Waals surface area contributed by atoms with Crippen LogP contribution in [-0.4, -0.2) is 24.7 Å². The van der Waals surface area contributed by atoms with Crippen molar-refractivity contribution in [2.45, 2.75) is 46.1 Å². The fraction of sp³-hybridized carbons (Fsp3) is 0.562. The number of fused-ring (bicyclic) bond motifs is 1. The number of ether oxygens (including phenoxy) is 1. The maximum absolute atomic E-state index is 6.40. The summed E-state index contributed by atoms with van der Waals surface area (Å²) in [6.07, 6.45) is 5.02. The van der Waals surface area contributed by atoms with Crippen LogP contribution in [0, 0.1) is 6.92 Å². The summed E-state index contributed by atoms with van der Waals surface area (Å²) in [5, 5.41) is 0.582. The molecular weight excluding hydrogens is 272 g/mol.